The number of hydrogen-bond acceptors (Lipinski definition) is 4. The van der Waals surface area contributed by atoms with Crippen molar-refractivity contribution >= 4 is 17.7 Å². The van der Waals surface area contributed by atoms with Gasteiger partial charge >= 0.3 is 6.09 Å². The number of amides is 2. The van der Waals surface area contributed by atoms with Gasteiger partial charge in [-0.2, -0.15) is 0 Å². The molecule has 0 saturated carbocycles. The zero-order valence-corrected chi connectivity index (χ0v) is 17.3. The quantitative estimate of drug-likeness (QED) is 0.599. The summed E-state index contributed by atoms with van der Waals surface area (Å²) in [5, 5.41) is 5.40. The van der Waals surface area contributed by atoms with Crippen LogP contribution in [0.5, 0.6) is 0 Å². The molecule has 0 aliphatic heterocycles. The van der Waals surface area contributed by atoms with E-state index in [1.54, 1.807) is 31.3 Å². The van der Waals surface area contributed by atoms with Crippen LogP contribution in [0, 0.1) is 18.6 Å². The molecule has 0 bridgehead atoms. The Hall–Kier alpha value is -3.81. The Bertz CT molecular complexity index is 1170. The number of fused-ring (bicyclic) bond motifs is 1. The van der Waals surface area contributed by atoms with Crippen molar-refractivity contribution in [1.29, 1.82) is 0 Å². The largest absolute Gasteiger partial charge is 0.443 e. The van der Waals surface area contributed by atoms with E-state index in [1.165, 1.54) is 30.3 Å². The minimum absolute atomic E-state index is 0.00569. The van der Waals surface area contributed by atoms with Crippen molar-refractivity contribution in [2.75, 3.05) is 5.32 Å². The number of ether oxygens (including phenoxy) is 1. The molecule has 8 heteroatoms. The van der Waals surface area contributed by atoms with Gasteiger partial charge in [0, 0.05) is 23.0 Å². The van der Waals surface area contributed by atoms with Gasteiger partial charge in [-0.25, -0.2) is 13.6 Å². The van der Waals surface area contributed by atoms with Crippen LogP contribution in [-0.2, 0) is 17.8 Å². The molecule has 164 valence electrons. The summed E-state index contributed by atoms with van der Waals surface area (Å²) < 4.78 is 33.3. The molecule has 1 heterocycles. The second-order valence-electron chi connectivity index (χ2n) is 7.54. The molecule has 0 unspecified atom stereocenters. The van der Waals surface area contributed by atoms with Crippen LogP contribution in [0.25, 0.3) is 0 Å². The number of aromatic nitrogens is 1. The molecular weight excluding hydrogens is 416 g/mol. The van der Waals surface area contributed by atoms with Crippen LogP contribution in [-0.4, -0.2) is 17.0 Å². The SMILES string of the molecule is Cc1cc(NC(=O)c2ccc(F)c3c2CC[C@@H]3NC(=O)OCc2ccccn2)ccc1F. The highest BCUT2D eigenvalue weighted by Crippen LogP contribution is 2.36. The number of benzene rings is 2. The number of hydrogen-bond donors (Lipinski definition) is 2. The van der Waals surface area contributed by atoms with E-state index < -0.39 is 23.9 Å². The fourth-order valence-corrected chi connectivity index (χ4v) is 3.80. The first-order valence-electron chi connectivity index (χ1n) is 10.1. The Kier molecular flexibility index (Phi) is 6.11. The topological polar surface area (TPSA) is 80.3 Å². The predicted molar refractivity (Wildman–Crippen MR) is 114 cm³/mol. The summed E-state index contributed by atoms with van der Waals surface area (Å²) in [5.41, 5.74) is 2.57. The maximum Gasteiger partial charge on any atom is 0.408 e. The minimum Gasteiger partial charge on any atom is -0.443 e. The third-order valence-corrected chi connectivity index (χ3v) is 5.37. The van der Waals surface area contributed by atoms with Gasteiger partial charge in [-0.3, -0.25) is 9.78 Å². The molecule has 3 aromatic rings. The van der Waals surface area contributed by atoms with Crippen LogP contribution in [0.2, 0.25) is 0 Å². The number of alkyl carbamates (subject to hydrolysis) is 1. The van der Waals surface area contributed by atoms with Crippen molar-refractivity contribution in [2.45, 2.75) is 32.4 Å². The average molecular weight is 437 g/mol. The van der Waals surface area contributed by atoms with E-state index in [0.29, 0.717) is 40.9 Å². The molecule has 1 aliphatic carbocycles. The van der Waals surface area contributed by atoms with E-state index in [-0.39, 0.29) is 18.0 Å². The highest BCUT2D eigenvalue weighted by Gasteiger charge is 2.31. The molecular formula is C24H21F2N3O3. The Morgan fingerprint density at radius 1 is 1.12 bits per heavy atom. The van der Waals surface area contributed by atoms with Gasteiger partial charge in [-0.15, -0.1) is 0 Å². The van der Waals surface area contributed by atoms with Gasteiger partial charge in [-0.1, -0.05) is 6.07 Å². The van der Waals surface area contributed by atoms with Gasteiger partial charge < -0.3 is 15.4 Å². The standard InChI is InChI=1S/C24H21F2N3O3/c1-14-12-15(5-8-19(14)25)28-23(30)18-6-9-20(26)22-17(18)7-10-21(22)29-24(31)32-13-16-4-2-3-11-27-16/h2-6,8-9,11-12,21H,7,10,13H2,1H3,(H,28,30)(H,29,31)/t21-/m0/s1. The van der Waals surface area contributed by atoms with Gasteiger partial charge in [0.1, 0.15) is 18.2 Å². The molecule has 0 radical (unpaired) electrons. The van der Waals surface area contributed by atoms with Crippen molar-refractivity contribution in [3.05, 3.63) is 94.3 Å². The first kappa shape index (κ1) is 21.4. The zero-order chi connectivity index (χ0) is 22.7. The van der Waals surface area contributed by atoms with E-state index in [9.17, 15) is 18.4 Å². The molecule has 4 rings (SSSR count). The summed E-state index contributed by atoms with van der Waals surface area (Å²) in [4.78, 5) is 29.1. The van der Waals surface area contributed by atoms with Crippen LogP contribution in [0.4, 0.5) is 19.3 Å². The van der Waals surface area contributed by atoms with Crippen molar-refractivity contribution in [3.63, 3.8) is 0 Å². The van der Waals surface area contributed by atoms with Crippen molar-refractivity contribution in [3.8, 4) is 0 Å². The lowest BCUT2D eigenvalue weighted by atomic mass is 10.0. The number of anilines is 1. The lowest BCUT2D eigenvalue weighted by Gasteiger charge is -2.16. The van der Waals surface area contributed by atoms with Crippen LogP contribution in [0.1, 0.15) is 45.2 Å². The normalized spacial score (nSPS) is 14.5. The number of carbonyl (C=O) groups excluding carboxylic acids is 2. The number of halogens is 2. The highest BCUT2D eigenvalue weighted by molar-refractivity contribution is 6.05. The Balaban J connectivity index is 1.47. The Morgan fingerprint density at radius 2 is 1.94 bits per heavy atom. The number of nitrogens with one attached hydrogen (secondary N) is 2. The van der Waals surface area contributed by atoms with Crippen molar-refractivity contribution < 1.29 is 23.1 Å². The van der Waals surface area contributed by atoms with Gasteiger partial charge in [0.2, 0.25) is 0 Å². The van der Waals surface area contributed by atoms with Gasteiger partial charge in [0.15, 0.2) is 0 Å². The number of carbonyl (C=O) groups is 2. The molecule has 2 aromatic carbocycles. The number of rotatable bonds is 5. The average Bonchev–Trinajstić information content (AvgIpc) is 3.20. The Morgan fingerprint density at radius 3 is 2.69 bits per heavy atom. The van der Waals surface area contributed by atoms with Crippen LogP contribution >= 0.6 is 0 Å². The summed E-state index contributed by atoms with van der Waals surface area (Å²) in [6.07, 6.45) is 1.76. The van der Waals surface area contributed by atoms with E-state index >= 15 is 0 Å². The number of nitrogens with zero attached hydrogens (tertiary/aromatic N) is 1. The highest BCUT2D eigenvalue weighted by atomic mass is 19.1. The van der Waals surface area contributed by atoms with Crippen LogP contribution in [0.3, 0.4) is 0 Å². The van der Waals surface area contributed by atoms with E-state index in [1.807, 2.05) is 0 Å². The second-order valence-corrected chi connectivity index (χ2v) is 7.54. The molecule has 0 fully saturated rings. The molecule has 2 amide bonds. The summed E-state index contributed by atoms with van der Waals surface area (Å²) in [7, 11) is 0. The lowest BCUT2D eigenvalue weighted by molar-refractivity contribution is 0.102. The van der Waals surface area contributed by atoms with Gasteiger partial charge in [0.25, 0.3) is 5.91 Å². The number of aryl methyl sites for hydroxylation is 1. The molecule has 32 heavy (non-hydrogen) atoms. The summed E-state index contributed by atoms with van der Waals surface area (Å²) >= 11 is 0. The fraction of sp³-hybridized carbons (Fsp3) is 0.208. The smallest absolute Gasteiger partial charge is 0.408 e. The second kappa shape index (κ2) is 9.13. The van der Waals surface area contributed by atoms with Gasteiger partial charge in [-0.05, 0) is 73.4 Å². The van der Waals surface area contributed by atoms with Gasteiger partial charge in [0.05, 0.1) is 11.7 Å². The molecule has 1 aromatic heterocycles. The summed E-state index contributed by atoms with van der Waals surface area (Å²) in [6, 6.07) is 11.6. The maximum atomic E-state index is 14.6. The minimum atomic E-state index is -0.690. The maximum absolute atomic E-state index is 14.6. The fourth-order valence-electron chi connectivity index (χ4n) is 3.80. The predicted octanol–water partition coefficient (Wildman–Crippen LogP) is 4.83. The zero-order valence-electron chi connectivity index (χ0n) is 17.3. The summed E-state index contributed by atoms with van der Waals surface area (Å²) in [6.45, 7) is 1.60. The van der Waals surface area contributed by atoms with E-state index in [4.69, 9.17) is 4.74 Å². The van der Waals surface area contributed by atoms with E-state index in [2.05, 4.69) is 15.6 Å². The third-order valence-electron chi connectivity index (χ3n) is 5.37. The molecule has 0 spiro atoms. The monoisotopic (exact) mass is 437 g/mol. The van der Waals surface area contributed by atoms with Crippen molar-refractivity contribution in [2.24, 2.45) is 0 Å². The molecule has 0 saturated heterocycles. The van der Waals surface area contributed by atoms with Crippen LogP contribution in [0.15, 0.2) is 54.7 Å². The molecule has 2 N–H and O–H groups in total. The lowest BCUT2D eigenvalue weighted by Crippen LogP contribution is -2.28. The van der Waals surface area contributed by atoms with E-state index in [0.717, 1.165) is 0 Å². The summed E-state index contributed by atoms with van der Waals surface area (Å²) in [5.74, 6) is -1.29. The van der Waals surface area contributed by atoms with Crippen LogP contribution < -0.4 is 10.6 Å². The first-order valence-corrected chi connectivity index (χ1v) is 10.1. The molecule has 1 aliphatic rings. The molecule has 6 nitrogen and oxygen atoms in total. The third kappa shape index (κ3) is 4.59. The van der Waals surface area contributed by atoms with Crippen molar-refractivity contribution in [1.82, 2.24) is 10.3 Å². The Labute approximate surface area is 183 Å². The first-order chi connectivity index (χ1) is 15.4. The molecule has 1 atom stereocenters. The number of pyridine rings is 1.